The number of aromatic nitrogens is 2. The number of ether oxygens (including phenoxy) is 1. The number of dihydropyridines is 1. The second kappa shape index (κ2) is 9.66. The maximum atomic E-state index is 11.2. The van der Waals surface area contributed by atoms with Crippen LogP contribution in [0.4, 0.5) is 11.8 Å². The van der Waals surface area contributed by atoms with Gasteiger partial charge in [-0.15, -0.1) is 0 Å². The average molecular weight is 416 g/mol. The lowest BCUT2D eigenvalue weighted by atomic mass is 10.1. The van der Waals surface area contributed by atoms with Crippen LogP contribution in [-0.4, -0.2) is 58.4 Å². The molecule has 0 aromatic carbocycles. The van der Waals surface area contributed by atoms with Crippen molar-refractivity contribution in [3.05, 3.63) is 36.6 Å². The number of hydrogen-bond acceptors (Lipinski definition) is 9. The van der Waals surface area contributed by atoms with E-state index in [2.05, 4.69) is 44.4 Å². The predicted molar refractivity (Wildman–Crippen MR) is 118 cm³/mol. The molecule has 0 saturated heterocycles. The van der Waals surface area contributed by atoms with Crippen LogP contribution in [0, 0.1) is 0 Å². The molecule has 0 spiro atoms. The van der Waals surface area contributed by atoms with Crippen LogP contribution in [0.2, 0.25) is 0 Å². The Morgan fingerprint density at radius 2 is 2.28 bits per heavy atom. The fourth-order valence-electron chi connectivity index (χ4n) is 2.80. The number of amides is 1. The fraction of sp³-hybridized carbons (Fsp3) is 0.421. The minimum Gasteiger partial charge on any atom is -0.378 e. The minimum atomic E-state index is -0.323. The van der Waals surface area contributed by atoms with Crippen LogP contribution in [0.1, 0.15) is 19.0 Å². The zero-order valence-corrected chi connectivity index (χ0v) is 17.3. The van der Waals surface area contributed by atoms with Gasteiger partial charge < -0.3 is 20.7 Å². The van der Waals surface area contributed by atoms with Crippen molar-refractivity contribution >= 4 is 40.8 Å². The van der Waals surface area contributed by atoms with E-state index in [0.717, 1.165) is 17.3 Å². The van der Waals surface area contributed by atoms with Crippen molar-refractivity contribution in [1.82, 2.24) is 15.3 Å². The summed E-state index contributed by atoms with van der Waals surface area (Å²) < 4.78 is 5.22. The molecule has 1 amide bonds. The molecule has 154 valence electrons. The number of allylic oxidation sites excluding steroid dienone is 1. The number of anilines is 2. The monoisotopic (exact) mass is 415 g/mol. The molecule has 2 aliphatic rings. The summed E-state index contributed by atoms with van der Waals surface area (Å²) in [5, 5.41) is 9.96. The molecular formula is C19H25N7O2S. The van der Waals surface area contributed by atoms with E-state index in [9.17, 15) is 4.79 Å². The van der Waals surface area contributed by atoms with Gasteiger partial charge in [-0.3, -0.25) is 14.8 Å². The molecule has 9 nitrogen and oxygen atoms in total. The summed E-state index contributed by atoms with van der Waals surface area (Å²) in [5.74, 6) is 0.941. The summed E-state index contributed by atoms with van der Waals surface area (Å²) in [6.45, 7) is 7.02. The second-order valence-corrected chi connectivity index (χ2v) is 8.02. The van der Waals surface area contributed by atoms with Gasteiger partial charge in [0.15, 0.2) is 5.17 Å². The summed E-state index contributed by atoms with van der Waals surface area (Å²) in [7, 11) is 1.62. The number of fused-ring (bicyclic) bond motifs is 1. The lowest BCUT2D eigenvalue weighted by Gasteiger charge is -2.24. The van der Waals surface area contributed by atoms with Crippen LogP contribution in [0.15, 0.2) is 40.9 Å². The second-order valence-electron chi connectivity index (χ2n) is 6.60. The van der Waals surface area contributed by atoms with Crippen molar-refractivity contribution < 1.29 is 9.53 Å². The number of thioether (sulfide) groups is 1. The first kappa shape index (κ1) is 21.0. The van der Waals surface area contributed by atoms with Crippen molar-refractivity contribution in [2.45, 2.75) is 30.9 Å². The van der Waals surface area contributed by atoms with Crippen LogP contribution >= 0.6 is 11.8 Å². The smallest absolute Gasteiger partial charge is 0.243 e. The first-order chi connectivity index (χ1) is 14.0. The molecule has 2 aliphatic heterocycles. The maximum Gasteiger partial charge on any atom is 0.243 e. The van der Waals surface area contributed by atoms with Gasteiger partial charge in [0.05, 0.1) is 12.3 Å². The van der Waals surface area contributed by atoms with Crippen molar-refractivity contribution in [3.8, 4) is 0 Å². The van der Waals surface area contributed by atoms with Gasteiger partial charge in [0, 0.05) is 32.5 Å². The Kier molecular flexibility index (Phi) is 6.99. The molecule has 10 heteroatoms. The van der Waals surface area contributed by atoms with Gasteiger partial charge in [0.1, 0.15) is 16.7 Å². The number of aliphatic imine (C=N–C) groups is 2. The Hall–Kier alpha value is -2.72. The minimum absolute atomic E-state index is 0.00338. The van der Waals surface area contributed by atoms with Gasteiger partial charge in [0.25, 0.3) is 0 Å². The third-order valence-electron chi connectivity index (χ3n) is 4.25. The van der Waals surface area contributed by atoms with Crippen LogP contribution in [0.3, 0.4) is 0 Å². The number of nitrogens with zero attached hydrogens (tertiary/aromatic N) is 4. The Morgan fingerprint density at radius 3 is 3.03 bits per heavy atom. The molecular weight excluding hydrogens is 390 g/mol. The number of rotatable bonds is 9. The average Bonchev–Trinajstić information content (AvgIpc) is 3.03. The Morgan fingerprint density at radius 1 is 1.41 bits per heavy atom. The molecule has 29 heavy (non-hydrogen) atoms. The van der Waals surface area contributed by atoms with E-state index in [4.69, 9.17) is 9.73 Å². The molecule has 3 rings (SSSR count). The van der Waals surface area contributed by atoms with E-state index in [0.29, 0.717) is 31.5 Å². The summed E-state index contributed by atoms with van der Waals surface area (Å²) in [4.78, 5) is 29.1. The molecule has 2 unspecified atom stereocenters. The van der Waals surface area contributed by atoms with Crippen LogP contribution in [0.25, 0.3) is 0 Å². The lowest BCUT2D eigenvalue weighted by molar-refractivity contribution is -0.116. The van der Waals surface area contributed by atoms with Crippen LogP contribution < -0.4 is 16.0 Å². The van der Waals surface area contributed by atoms with Crippen LogP contribution in [0.5, 0.6) is 0 Å². The van der Waals surface area contributed by atoms with Gasteiger partial charge >= 0.3 is 0 Å². The van der Waals surface area contributed by atoms with Gasteiger partial charge in [-0.2, -0.15) is 4.98 Å². The standard InChI is InChI=1S/C19H25N7O2S/c1-4-16(27)20-8-6-9-21-17-23-13(12-28-3)11-15(25-17)26-18-24-14-7-5-10-22-19(14,2)29-18/h4-5,7,10-11,14H,1,6,8-9,12H2,2-3H3,(H,20,27)(H2,21,23,24,25,26). The highest BCUT2D eigenvalue weighted by molar-refractivity contribution is 8.15. The number of methoxy groups -OCH3 is 1. The summed E-state index contributed by atoms with van der Waals surface area (Å²) in [6.07, 6.45) is 7.75. The Bertz CT molecular complexity index is 855. The first-order valence-corrected chi connectivity index (χ1v) is 10.1. The van der Waals surface area contributed by atoms with Crippen molar-refractivity contribution in [1.29, 1.82) is 0 Å². The number of carbonyl (C=O) groups excluding carboxylic acids is 1. The highest BCUT2D eigenvalue weighted by atomic mass is 32.2. The van der Waals surface area contributed by atoms with E-state index in [1.54, 1.807) is 18.9 Å². The third kappa shape index (κ3) is 5.64. The third-order valence-corrected chi connectivity index (χ3v) is 5.41. The van der Waals surface area contributed by atoms with E-state index < -0.39 is 0 Å². The number of nitrogens with one attached hydrogen (secondary N) is 3. The first-order valence-electron chi connectivity index (χ1n) is 9.29. The normalized spacial score (nSPS) is 22.0. The van der Waals surface area contributed by atoms with Gasteiger partial charge in [-0.25, -0.2) is 4.98 Å². The Labute approximate surface area is 174 Å². The molecule has 0 saturated carbocycles. The van der Waals surface area contributed by atoms with E-state index >= 15 is 0 Å². The number of hydrogen-bond donors (Lipinski definition) is 3. The SMILES string of the molecule is C=CC(=O)NCCCNc1nc(COC)cc(NC2=NC3C=CC=NC3(C)S2)n1. The zero-order chi connectivity index (χ0) is 20.7. The molecule has 1 aromatic heterocycles. The highest BCUT2D eigenvalue weighted by Gasteiger charge is 2.41. The van der Waals surface area contributed by atoms with Gasteiger partial charge in [0.2, 0.25) is 11.9 Å². The quantitative estimate of drug-likeness (QED) is 0.417. The lowest BCUT2D eigenvalue weighted by Crippen LogP contribution is -2.29. The molecule has 2 atom stereocenters. The van der Waals surface area contributed by atoms with Crippen molar-refractivity contribution in [2.75, 3.05) is 30.8 Å². The molecule has 0 radical (unpaired) electrons. The van der Waals surface area contributed by atoms with E-state index in [1.165, 1.54) is 6.08 Å². The molecule has 3 heterocycles. The topological polar surface area (TPSA) is 113 Å². The predicted octanol–water partition coefficient (Wildman–Crippen LogP) is 1.97. The summed E-state index contributed by atoms with van der Waals surface area (Å²) in [6, 6.07) is 1.84. The fourth-order valence-corrected chi connectivity index (χ4v) is 3.88. The van der Waals surface area contributed by atoms with Gasteiger partial charge in [-0.1, -0.05) is 24.4 Å². The number of carbonyl (C=O) groups is 1. The van der Waals surface area contributed by atoms with Crippen molar-refractivity contribution in [3.63, 3.8) is 0 Å². The van der Waals surface area contributed by atoms with Gasteiger partial charge in [-0.05, 0) is 25.5 Å². The maximum absolute atomic E-state index is 11.2. The molecule has 3 N–H and O–H groups in total. The zero-order valence-electron chi connectivity index (χ0n) is 16.5. The molecule has 0 aliphatic carbocycles. The molecule has 1 aromatic rings. The Balaban J connectivity index is 1.62. The highest BCUT2D eigenvalue weighted by Crippen LogP contribution is 2.41. The summed E-state index contributed by atoms with van der Waals surface area (Å²) in [5.41, 5.74) is 0.748. The van der Waals surface area contributed by atoms with Crippen molar-refractivity contribution in [2.24, 2.45) is 9.98 Å². The molecule has 0 bridgehead atoms. The van der Waals surface area contributed by atoms with E-state index in [1.807, 2.05) is 24.4 Å². The van der Waals surface area contributed by atoms with Crippen LogP contribution in [-0.2, 0) is 16.1 Å². The molecule has 0 fully saturated rings. The van der Waals surface area contributed by atoms with E-state index in [-0.39, 0.29) is 16.8 Å². The number of amidine groups is 1. The largest absolute Gasteiger partial charge is 0.378 e. The summed E-state index contributed by atoms with van der Waals surface area (Å²) >= 11 is 1.58.